The van der Waals surface area contributed by atoms with Crippen LogP contribution in [0.5, 0.6) is 0 Å². The summed E-state index contributed by atoms with van der Waals surface area (Å²) in [5.74, 6) is 0. The molecule has 1 saturated heterocycles. The molecule has 1 aliphatic rings. The molecule has 0 spiro atoms. The van der Waals surface area contributed by atoms with Crippen LogP contribution in [0, 0.1) is 6.42 Å². The lowest BCUT2D eigenvalue weighted by Crippen LogP contribution is -2.32. The van der Waals surface area contributed by atoms with Gasteiger partial charge in [-0.25, -0.2) is 4.79 Å². The maximum atomic E-state index is 11.4. The van der Waals surface area contributed by atoms with E-state index in [1.165, 1.54) is 0 Å². The van der Waals surface area contributed by atoms with Gasteiger partial charge in [0.1, 0.15) is 0 Å². The topological polar surface area (TPSA) is 29.5 Å². The molecule has 0 unspecified atom stereocenters. The second kappa shape index (κ2) is 5.84. The smallest absolute Gasteiger partial charge is 0.409 e. The van der Waals surface area contributed by atoms with Gasteiger partial charge < -0.3 is 9.64 Å². The highest BCUT2D eigenvalue weighted by Crippen LogP contribution is 2.09. The van der Waals surface area contributed by atoms with E-state index < -0.39 is 0 Å². The van der Waals surface area contributed by atoms with Gasteiger partial charge in [0.25, 0.3) is 0 Å². The van der Waals surface area contributed by atoms with Crippen LogP contribution in [-0.2, 0) is 4.74 Å². The van der Waals surface area contributed by atoms with Gasteiger partial charge >= 0.3 is 6.09 Å². The summed E-state index contributed by atoms with van der Waals surface area (Å²) < 4.78 is 5.06. The molecular weight excluding hydrogens is 166 g/mol. The van der Waals surface area contributed by atoms with Gasteiger partial charge in [-0.1, -0.05) is 6.92 Å². The van der Waals surface area contributed by atoms with E-state index in [-0.39, 0.29) is 6.09 Å². The molecule has 0 aromatic heterocycles. The highest BCUT2D eigenvalue weighted by atomic mass is 16.6. The van der Waals surface area contributed by atoms with Crippen LogP contribution in [0.2, 0.25) is 0 Å². The molecule has 0 saturated carbocycles. The van der Waals surface area contributed by atoms with E-state index in [1.54, 1.807) is 4.90 Å². The van der Waals surface area contributed by atoms with E-state index in [4.69, 9.17) is 4.74 Å². The van der Waals surface area contributed by atoms with Gasteiger partial charge in [-0.05, 0) is 32.1 Å². The van der Waals surface area contributed by atoms with Crippen molar-refractivity contribution >= 4 is 6.09 Å². The van der Waals surface area contributed by atoms with Crippen LogP contribution in [0.15, 0.2) is 0 Å². The first-order valence-corrected chi connectivity index (χ1v) is 5.08. The lowest BCUT2D eigenvalue weighted by atomic mass is 10.2. The summed E-state index contributed by atoms with van der Waals surface area (Å²) in [7, 11) is 0. The van der Waals surface area contributed by atoms with Crippen molar-refractivity contribution < 1.29 is 9.53 Å². The first kappa shape index (κ1) is 10.4. The Balaban J connectivity index is 2.26. The Hall–Kier alpha value is -0.730. The molecule has 1 heterocycles. The Morgan fingerprint density at radius 3 is 3.08 bits per heavy atom. The summed E-state index contributed by atoms with van der Waals surface area (Å²) in [4.78, 5) is 13.2. The van der Waals surface area contributed by atoms with E-state index in [9.17, 15) is 4.79 Å². The molecule has 0 aliphatic carbocycles. The minimum Gasteiger partial charge on any atom is -0.449 e. The van der Waals surface area contributed by atoms with E-state index in [1.807, 2.05) is 6.92 Å². The molecule has 0 aromatic carbocycles. The molecular formula is C10H18NO2. The summed E-state index contributed by atoms with van der Waals surface area (Å²) in [5, 5.41) is 0. The number of ether oxygens (including phenoxy) is 1. The predicted octanol–water partition coefficient (Wildman–Crippen LogP) is 2.22. The van der Waals surface area contributed by atoms with Crippen LogP contribution >= 0.6 is 0 Å². The van der Waals surface area contributed by atoms with Crippen molar-refractivity contribution in [2.75, 3.05) is 19.7 Å². The Bertz CT molecular complexity index is 151. The summed E-state index contributed by atoms with van der Waals surface area (Å²) in [6.45, 7) is 4.21. The minimum atomic E-state index is -0.142. The fourth-order valence-corrected chi connectivity index (χ4v) is 1.39. The molecule has 1 fully saturated rings. The van der Waals surface area contributed by atoms with E-state index in [0.29, 0.717) is 6.61 Å². The molecule has 1 radical (unpaired) electrons. The highest BCUT2D eigenvalue weighted by molar-refractivity contribution is 5.67. The fourth-order valence-electron chi connectivity index (χ4n) is 1.39. The van der Waals surface area contributed by atoms with E-state index >= 15 is 0 Å². The van der Waals surface area contributed by atoms with Crippen molar-refractivity contribution in [2.45, 2.75) is 32.6 Å². The zero-order valence-corrected chi connectivity index (χ0v) is 8.29. The van der Waals surface area contributed by atoms with Gasteiger partial charge in [-0.15, -0.1) is 0 Å². The SMILES string of the molecule is CCCOC(=O)N1CC[CH]CCC1. The molecule has 1 amide bonds. The van der Waals surface area contributed by atoms with Crippen molar-refractivity contribution in [1.29, 1.82) is 0 Å². The fraction of sp³-hybridized carbons (Fsp3) is 0.800. The molecule has 3 heteroatoms. The lowest BCUT2D eigenvalue weighted by Gasteiger charge is -2.19. The Morgan fingerprint density at radius 1 is 1.46 bits per heavy atom. The summed E-state index contributed by atoms with van der Waals surface area (Å²) >= 11 is 0. The van der Waals surface area contributed by atoms with Crippen LogP contribution in [-0.4, -0.2) is 30.7 Å². The summed E-state index contributed by atoms with van der Waals surface area (Å²) in [6, 6.07) is 0. The standard InChI is InChI=1S/C10H18NO2/c1-2-9-13-10(12)11-7-5-3-4-6-8-11/h3H,2,4-9H2,1H3. The van der Waals surface area contributed by atoms with Crippen LogP contribution < -0.4 is 0 Å². The molecule has 1 rings (SSSR count). The third-order valence-corrected chi connectivity index (χ3v) is 2.13. The molecule has 13 heavy (non-hydrogen) atoms. The number of hydrogen-bond donors (Lipinski definition) is 0. The van der Waals surface area contributed by atoms with Gasteiger partial charge in [0.05, 0.1) is 6.61 Å². The van der Waals surface area contributed by atoms with Crippen molar-refractivity contribution in [1.82, 2.24) is 4.90 Å². The normalized spacial score (nSPS) is 18.1. The Morgan fingerprint density at radius 2 is 2.31 bits per heavy atom. The molecule has 0 bridgehead atoms. The van der Waals surface area contributed by atoms with Crippen molar-refractivity contribution in [3.63, 3.8) is 0 Å². The Labute approximate surface area is 80.1 Å². The second-order valence-electron chi connectivity index (χ2n) is 3.32. The van der Waals surface area contributed by atoms with Gasteiger partial charge in [0.15, 0.2) is 0 Å². The quantitative estimate of drug-likeness (QED) is 0.658. The number of hydrogen-bond acceptors (Lipinski definition) is 2. The molecule has 3 nitrogen and oxygen atoms in total. The Kier molecular flexibility index (Phi) is 4.65. The van der Waals surface area contributed by atoms with Crippen LogP contribution in [0.4, 0.5) is 4.79 Å². The van der Waals surface area contributed by atoms with Gasteiger partial charge in [-0.2, -0.15) is 0 Å². The molecule has 75 valence electrons. The van der Waals surface area contributed by atoms with E-state index in [0.717, 1.165) is 38.8 Å². The number of nitrogens with zero attached hydrogens (tertiary/aromatic N) is 1. The predicted molar refractivity (Wildman–Crippen MR) is 51.4 cm³/mol. The number of carbonyl (C=O) groups is 1. The zero-order valence-electron chi connectivity index (χ0n) is 8.29. The first-order chi connectivity index (χ1) is 6.34. The van der Waals surface area contributed by atoms with Crippen LogP contribution in [0.25, 0.3) is 0 Å². The third-order valence-electron chi connectivity index (χ3n) is 2.13. The number of rotatable bonds is 2. The van der Waals surface area contributed by atoms with Gasteiger partial charge in [0.2, 0.25) is 0 Å². The van der Waals surface area contributed by atoms with Crippen molar-refractivity contribution in [3.8, 4) is 0 Å². The van der Waals surface area contributed by atoms with Gasteiger partial charge in [-0.3, -0.25) is 0 Å². The third kappa shape index (κ3) is 3.66. The molecule has 0 atom stereocenters. The van der Waals surface area contributed by atoms with Crippen LogP contribution in [0.1, 0.15) is 32.6 Å². The largest absolute Gasteiger partial charge is 0.449 e. The van der Waals surface area contributed by atoms with Crippen molar-refractivity contribution in [2.24, 2.45) is 0 Å². The summed E-state index contributed by atoms with van der Waals surface area (Å²) in [5.41, 5.74) is 0. The number of amides is 1. The average Bonchev–Trinajstić information content (AvgIpc) is 2.42. The molecule has 0 N–H and O–H groups in total. The molecule has 0 aromatic rings. The zero-order chi connectivity index (χ0) is 9.52. The summed E-state index contributed by atoms with van der Waals surface area (Å²) in [6.07, 6.45) is 6.19. The monoisotopic (exact) mass is 184 g/mol. The number of carbonyl (C=O) groups excluding carboxylic acids is 1. The first-order valence-electron chi connectivity index (χ1n) is 5.08. The highest BCUT2D eigenvalue weighted by Gasteiger charge is 2.15. The van der Waals surface area contributed by atoms with Crippen molar-refractivity contribution in [3.05, 3.63) is 6.42 Å². The van der Waals surface area contributed by atoms with Crippen LogP contribution in [0.3, 0.4) is 0 Å². The maximum Gasteiger partial charge on any atom is 0.409 e. The lowest BCUT2D eigenvalue weighted by molar-refractivity contribution is 0.104. The van der Waals surface area contributed by atoms with E-state index in [2.05, 4.69) is 6.42 Å². The average molecular weight is 184 g/mol. The maximum absolute atomic E-state index is 11.4. The molecule has 1 aliphatic heterocycles. The second-order valence-corrected chi connectivity index (χ2v) is 3.32. The number of likely N-dealkylation sites (tertiary alicyclic amines) is 1. The van der Waals surface area contributed by atoms with Gasteiger partial charge in [0, 0.05) is 13.1 Å². The minimum absolute atomic E-state index is 0.142.